The van der Waals surface area contributed by atoms with E-state index in [1.807, 2.05) is 12.1 Å². The van der Waals surface area contributed by atoms with Crippen LogP contribution in [0.4, 0.5) is 0 Å². The Morgan fingerprint density at radius 2 is 2.00 bits per heavy atom. The van der Waals surface area contributed by atoms with Crippen molar-refractivity contribution in [3.63, 3.8) is 0 Å². The molecule has 86 valence electrons. The van der Waals surface area contributed by atoms with Gasteiger partial charge in [-0.15, -0.1) is 0 Å². The molecule has 0 amide bonds. The van der Waals surface area contributed by atoms with Crippen molar-refractivity contribution >= 4 is 6.21 Å². The Kier molecular flexibility index (Phi) is 3.57. The van der Waals surface area contributed by atoms with E-state index in [-0.39, 0.29) is 17.8 Å². The Balaban J connectivity index is 2.06. The molecule has 3 nitrogen and oxygen atoms in total. The van der Waals surface area contributed by atoms with Crippen molar-refractivity contribution in [3.8, 4) is 5.75 Å². The first-order chi connectivity index (χ1) is 7.77. The number of hydrogen-bond acceptors (Lipinski definition) is 3. The number of hydrogen-bond donors (Lipinski definition) is 2. The maximum atomic E-state index is 9.58. The zero-order valence-electron chi connectivity index (χ0n) is 9.34. The van der Waals surface area contributed by atoms with Crippen LogP contribution in [-0.2, 0) is 0 Å². The van der Waals surface area contributed by atoms with Gasteiger partial charge >= 0.3 is 0 Å². The number of benzene rings is 1. The molecule has 16 heavy (non-hydrogen) atoms. The first-order valence-corrected chi connectivity index (χ1v) is 5.84. The standard InChI is InChI=1S/C13H18N2O/c14-11-6-2-3-7-12(11)15-9-10-5-1-4-8-13(10)16/h1,4-5,8-9,11-12,16H,2-3,6-7,14H2/t11-,12-/m1/s1. The largest absolute Gasteiger partial charge is 0.507 e. The number of aromatic hydroxyl groups is 1. The first-order valence-electron chi connectivity index (χ1n) is 5.84. The average Bonchev–Trinajstić information content (AvgIpc) is 2.30. The summed E-state index contributed by atoms with van der Waals surface area (Å²) < 4.78 is 0. The smallest absolute Gasteiger partial charge is 0.124 e. The lowest BCUT2D eigenvalue weighted by Crippen LogP contribution is -2.36. The molecule has 0 aliphatic heterocycles. The van der Waals surface area contributed by atoms with Gasteiger partial charge in [-0.3, -0.25) is 4.99 Å². The van der Waals surface area contributed by atoms with Crippen molar-refractivity contribution in [2.24, 2.45) is 10.7 Å². The predicted molar refractivity (Wildman–Crippen MR) is 65.9 cm³/mol. The van der Waals surface area contributed by atoms with E-state index in [1.54, 1.807) is 18.3 Å². The van der Waals surface area contributed by atoms with E-state index >= 15 is 0 Å². The molecule has 1 saturated carbocycles. The van der Waals surface area contributed by atoms with Gasteiger partial charge in [0.15, 0.2) is 0 Å². The first kappa shape index (κ1) is 11.1. The molecule has 1 aromatic carbocycles. The molecule has 1 fully saturated rings. The van der Waals surface area contributed by atoms with Crippen molar-refractivity contribution < 1.29 is 5.11 Å². The van der Waals surface area contributed by atoms with E-state index in [4.69, 9.17) is 5.73 Å². The molecule has 0 spiro atoms. The summed E-state index contributed by atoms with van der Waals surface area (Å²) in [6, 6.07) is 7.61. The summed E-state index contributed by atoms with van der Waals surface area (Å²) in [5, 5.41) is 9.58. The molecule has 1 aliphatic carbocycles. The molecule has 0 bridgehead atoms. The highest BCUT2D eigenvalue weighted by molar-refractivity contribution is 5.83. The third-order valence-corrected chi connectivity index (χ3v) is 3.12. The maximum Gasteiger partial charge on any atom is 0.124 e. The van der Waals surface area contributed by atoms with Gasteiger partial charge in [0.25, 0.3) is 0 Å². The fraction of sp³-hybridized carbons (Fsp3) is 0.462. The molecule has 0 unspecified atom stereocenters. The summed E-state index contributed by atoms with van der Waals surface area (Å²) in [7, 11) is 0. The summed E-state index contributed by atoms with van der Waals surface area (Å²) in [5.41, 5.74) is 6.77. The van der Waals surface area contributed by atoms with Crippen molar-refractivity contribution in [1.29, 1.82) is 0 Å². The van der Waals surface area contributed by atoms with Gasteiger partial charge in [-0.1, -0.05) is 25.0 Å². The van der Waals surface area contributed by atoms with E-state index in [2.05, 4.69) is 4.99 Å². The molecule has 2 atom stereocenters. The Hall–Kier alpha value is -1.35. The minimum atomic E-state index is 0.177. The lowest BCUT2D eigenvalue weighted by molar-refractivity contribution is 0.387. The predicted octanol–water partition coefficient (Wildman–Crippen LogP) is 2.08. The molecule has 3 heteroatoms. The topological polar surface area (TPSA) is 58.6 Å². The summed E-state index contributed by atoms with van der Waals surface area (Å²) in [5.74, 6) is 0.274. The molecule has 0 radical (unpaired) electrons. The van der Waals surface area contributed by atoms with Crippen LogP contribution < -0.4 is 5.73 Å². The van der Waals surface area contributed by atoms with Gasteiger partial charge in [0, 0.05) is 17.8 Å². The fourth-order valence-corrected chi connectivity index (χ4v) is 2.10. The quantitative estimate of drug-likeness (QED) is 0.747. The summed E-state index contributed by atoms with van der Waals surface area (Å²) in [6.45, 7) is 0. The van der Waals surface area contributed by atoms with Crippen LogP contribution in [-0.4, -0.2) is 23.4 Å². The van der Waals surface area contributed by atoms with Gasteiger partial charge in [-0.2, -0.15) is 0 Å². The number of phenols is 1. The molecule has 1 aliphatic rings. The zero-order chi connectivity index (χ0) is 11.4. The molecular formula is C13H18N2O. The van der Waals surface area contributed by atoms with Crippen LogP contribution in [0, 0.1) is 0 Å². The van der Waals surface area contributed by atoms with Crippen LogP contribution in [0.2, 0.25) is 0 Å². The lowest BCUT2D eigenvalue weighted by atomic mass is 9.91. The SMILES string of the molecule is N[C@@H]1CCCC[C@H]1N=Cc1ccccc1O. The van der Waals surface area contributed by atoms with Crippen LogP contribution in [0.1, 0.15) is 31.2 Å². The summed E-state index contributed by atoms with van der Waals surface area (Å²) in [6.07, 6.45) is 6.28. The minimum absolute atomic E-state index is 0.177. The van der Waals surface area contributed by atoms with Crippen LogP contribution in [0.5, 0.6) is 5.75 Å². The second-order valence-corrected chi connectivity index (χ2v) is 4.35. The summed E-state index contributed by atoms with van der Waals surface area (Å²) >= 11 is 0. The number of phenolic OH excluding ortho intramolecular Hbond substituents is 1. The zero-order valence-corrected chi connectivity index (χ0v) is 9.34. The van der Waals surface area contributed by atoms with Gasteiger partial charge in [0.05, 0.1) is 6.04 Å². The minimum Gasteiger partial charge on any atom is -0.507 e. The number of aliphatic imine (C=N–C) groups is 1. The number of para-hydroxylation sites is 1. The van der Waals surface area contributed by atoms with E-state index in [1.165, 1.54) is 12.8 Å². The Bertz CT molecular complexity index is 376. The van der Waals surface area contributed by atoms with Gasteiger partial charge in [0.2, 0.25) is 0 Å². The monoisotopic (exact) mass is 218 g/mol. The Morgan fingerprint density at radius 3 is 2.75 bits per heavy atom. The van der Waals surface area contributed by atoms with E-state index in [9.17, 15) is 5.11 Å². The maximum absolute atomic E-state index is 9.58. The Labute approximate surface area is 96.0 Å². The normalized spacial score (nSPS) is 26.1. The molecule has 0 aromatic heterocycles. The number of rotatable bonds is 2. The molecular weight excluding hydrogens is 200 g/mol. The molecule has 0 saturated heterocycles. The molecule has 3 N–H and O–H groups in total. The van der Waals surface area contributed by atoms with Crippen molar-refractivity contribution in [2.75, 3.05) is 0 Å². The van der Waals surface area contributed by atoms with Crippen LogP contribution in [0.15, 0.2) is 29.3 Å². The van der Waals surface area contributed by atoms with Crippen LogP contribution >= 0.6 is 0 Å². The molecule has 0 heterocycles. The molecule has 1 aromatic rings. The van der Waals surface area contributed by atoms with Crippen LogP contribution in [0.3, 0.4) is 0 Å². The van der Waals surface area contributed by atoms with Gasteiger partial charge in [-0.05, 0) is 25.0 Å². The Morgan fingerprint density at radius 1 is 1.25 bits per heavy atom. The third-order valence-electron chi connectivity index (χ3n) is 3.12. The number of nitrogens with zero attached hydrogens (tertiary/aromatic N) is 1. The van der Waals surface area contributed by atoms with Crippen LogP contribution in [0.25, 0.3) is 0 Å². The third kappa shape index (κ3) is 2.61. The highest BCUT2D eigenvalue weighted by atomic mass is 16.3. The van der Waals surface area contributed by atoms with E-state index < -0.39 is 0 Å². The number of nitrogens with two attached hydrogens (primary N) is 1. The van der Waals surface area contributed by atoms with Gasteiger partial charge in [0.1, 0.15) is 5.75 Å². The van der Waals surface area contributed by atoms with Crippen molar-refractivity contribution in [3.05, 3.63) is 29.8 Å². The second-order valence-electron chi connectivity index (χ2n) is 4.35. The lowest BCUT2D eigenvalue weighted by Gasteiger charge is -2.24. The van der Waals surface area contributed by atoms with E-state index in [0.29, 0.717) is 0 Å². The molecule has 2 rings (SSSR count). The van der Waals surface area contributed by atoms with Gasteiger partial charge in [-0.25, -0.2) is 0 Å². The van der Waals surface area contributed by atoms with Gasteiger partial charge < -0.3 is 10.8 Å². The average molecular weight is 218 g/mol. The highest BCUT2D eigenvalue weighted by Crippen LogP contribution is 2.20. The second kappa shape index (κ2) is 5.12. The highest BCUT2D eigenvalue weighted by Gasteiger charge is 2.20. The van der Waals surface area contributed by atoms with E-state index in [0.717, 1.165) is 18.4 Å². The fourth-order valence-electron chi connectivity index (χ4n) is 2.10. The van der Waals surface area contributed by atoms with Crippen molar-refractivity contribution in [2.45, 2.75) is 37.8 Å². The summed E-state index contributed by atoms with van der Waals surface area (Å²) in [4.78, 5) is 4.49. The van der Waals surface area contributed by atoms with Crippen molar-refractivity contribution in [1.82, 2.24) is 0 Å².